The van der Waals surface area contributed by atoms with E-state index in [0.29, 0.717) is 18.7 Å². The highest BCUT2D eigenvalue weighted by atomic mass is 19.1. The summed E-state index contributed by atoms with van der Waals surface area (Å²) in [5.41, 5.74) is 8.08. The molecule has 5 heteroatoms. The van der Waals surface area contributed by atoms with Crippen LogP contribution in [0.15, 0.2) is 42.7 Å². The number of nitrogens with two attached hydrogens (primary N) is 1. The Bertz CT molecular complexity index is 760. The Hall–Kier alpha value is -2.27. The molecule has 21 heavy (non-hydrogen) atoms. The lowest BCUT2D eigenvalue weighted by molar-refractivity contribution is 0.578. The summed E-state index contributed by atoms with van der Waals surface area (Å²) in [6.45, 7) is 0.912. The summed E-state index contributed by atoms with van der Waals surface area (Å²) < 4.78 is 28.5. The smallest absolute Gasteiger partial charge is 0.140 e. The fourth-order valence-corrected chi connectivity index (χ4v) is 2.57. The number of aromatic nitrogens is 2. The van der Waals surface area contributed by atoms with Crippen molar-refractivity contribution < 1.29 is 8.78 Å². The Labute approximate surface area is 121 Å². The van der Waals surface area contributed by atoms with E-state index < -0.39 is 11.6 Å². The molecule has 0 aliphatic heterocycles. The van der Waals surface area contributed by atoms with E-state index in [1.807, 2.05) is 22.9 Å². The molecule has 108 valence electrons. The number of halogens is 2. The van der Waals surface area contributed by atoms with Gasteiger partial charge in [0.05, 0.1) is 0 Å². The van der Waals surface area contributed by atoms with Crippen molar-refractivity contribution in [3.63, 3.8) is 0 Å². The predicted molar refractivity (Wildman–Crippen MR) is 78.0 cm³/mol. The van der Waals surface area contributed by atoms with Gasteiger partial charge in [0.1, 0.15) is 17.3 Å². The number of nitrogens with zero attached hydrogens (tertiary/aromatic N) is 2. The van der Waals surface area contributed by atoms with Gasteiger partial charge in [0.25, 0.3) is 0 Å². The zero-order valence-electron chi connectivity index (χ0n) is 11.4. The predicted octanol–water partition coefficient (Wildman–Crippen LogP) is 2.86. The van der Waals surface area contributed by atoms with E-state index in [9.17, 15) is 8.78 Å². The minimum absolute atomic E-state index is 0.368. The van der Waals surface area contributed by atoms with Crippen LogP contribution in [0, 0.1) is 11.6 Å². The molecule has 0 radical (unpaired) electrons. The summed E-state index contributed by atoms with van der Waals surface area (Å²) in [5, 5.41) is 1.03. The molecule has 0 bridgehead atoms. The highest BCUT2D eigenvalue weighted by Gasteiger charge is 2.10. The first-order valence-electron chi connectivity index (χ1n) is 6.75. The molecule has 0 atom stereocenters. The molecule has 2 heterocycles. The van der Waals surface area contributed by atoms with Gasteiger partial charge in [-0.05, 0) is 48.4 Å². The van der Waals surface area contributed by atoms with Crippen LogP contribution in [0.5, 0.6) is 0 Å². The highest BCUT2D eigenvalue weighted by Crippen LogP contribution is 2.21. The van der Waals surface area contributed by atoms with Crippen molar-refractivity contribution in [1.29, 1.82) is 0 Å². The molecule has 0 saturated heterocycles. The SMILES string of the molecule is NCCc1cn(Cc2cc(F)cc(F)c2)c2ncccc12. The molecule has 2 aromatic heterocycles. The summed E-state index contributed by atoms with van der Waals surface area (Å²) in [5.74, 6) is -1.15. The minimum atomic E-state index is -0.573. The standard InChI is InChI=1S/C16H15F2N3/c17-13-6-11(7-14(18)8-13)9-21-10-12(3-4-19)15-2-1-5-20-16(15)21/h1-2,5-8,10H,3-4,9,19H2. The maximum absolute atomic E-state index is 13.3. The molecular weight excluding hydrogens is 272 g/mol. The van der Waals surface area contributed by atoms with Crippen LogP contribution in [0.1, 0.15) is 11.1 Å². The van der Waals surface area contributed by atoms with Crippen LogP contribution >= 0.6 is 0 Å². The van der Waals surface area contributed by atoms with Gasteiger partial charge in [0.15, 0.2) is 0 Å². The van der Waals surface area contributed by atoms with Crippen LogP contribution in [0.2, 0.25) is 0 Å². The molecule has 1 aromatic carbocycles. The summed E-state index contributed by atoms with van der Waals surface area (Å²) in [7, 11) is 0. The number of hydrogen-bond donors (Lipinski definition) is 1. The Kier molecular flexibility index (Phi) is 3.66. The van der Waals surface area contributed by atoms with E-state index in [4.69, 9.17) is 5.73 Å². The number of rotatable bonds is 4. The Balaban J connectivity index is 2.04. The molecule has 0 unspecified atom stereocenters. The third kappa shape index (κ3) is 2.78. The van der Waals surface area contributed by atoms with Crippen LogP contribution in [-0.4, -0.2) is 16.1 Å². The van der Waals surface area contributed by atoms with Crippen molar-refractivity contribution in [3.05, 3.63) is 65.5 Å². The van der Waals surface area contributed by atoms with Crippen LogP contribution in [0.3, 0.4) is 0 Å². The quantitative estimate of drug-likeness (QED) is 0.802. The van der Waals surface area contributed by atoms with E-state index in [1.54, 1.807) is 6.20 Å². The average molecular weight is 287 g/mol. The van der Waals surface area contributed by atoms with E-state index in [1.165, 1.54) is 12.1 Å². The minimum Gasteiger partial charge on any atom is -0.330 e. The van der Waals surface area contributed by atoms with Crippen molar-refractivity contribution in [2.75, 3.05) is 6.54 Å². The van der Waals surface area contributed by atoms with E-state index in [0.717, 1.165) is 29.1 Å². The van der Waals surface area contributed by atoms with Crippen LogP contribution in [0.25, 0.3) is 11.0 Å². The van der Waals surface area contributed by atoms with E-state index in [-0.39, 0.29) is 0 Å². The first-order valence-corrected chi connectivity index (χ1v) is 6.75. The van der Waals surface area contributed by atoms with Crippen molar-refractivity contribution >= 4 is 11.0 Å². The molecule has 3 aromatic rings. The number of pyridine rings is 1. The van der Waals surface area contributed by atoms with E-state index in [2.05, 4.69) is 4.98 Å². The van der Waals surface area contributed by atoms with Gasteiger partial charge >= 0.3 is 0 Å². The third-order valence-corrected chi connectivity index (χ3v) is 3.41. The normalized spacial score (nSPS) is 11.2. The largest absolute Gasteiger partial charge is 0.330 e. The summed E-state index contributed by atoms with van der Waals surface area (Å²) >= 11 is 0. The molecule has 0 spiro atoms. The van der Waals surface area contributed by atoms with Gasteiger partial charge in [0, 0.05) is 30.4 Å². The summed E-state index contributed by atoms with van der Waals surface area (Å²) in [4.78, 5) is 4.36. The van der Waals surface area contributed by atoms with Gasteiger partial charge in [-0.2, -0.15) is 0 Å². The molecule has 0 aliphatic rings. The monoisotopic (exact) mass is 287 g/mol. The molecule has 0 amide bonds. The van der Waals surface area contributed by atoms with Gasteiger partial charge in [-0.3, -0.25) is 0 Å². The highest BCUT2D eigenvalue weighted by molar-refractivity contribution is 5.80. The number of hydrogen-bond acceptors (Lipinski definition) is 2. The van der Waals surface area contributed by atoms with Gasteiger partial charge in [-0.25, -0.2) is 13.8 Å². The lowest BCUT2D eigenvalue weighted by Crippen LogP contribution is -2.02. The molecule has 3 rings (SSSR count). The maximum Gasteiger partial charge on any atom is 0.140 e. The van der Waals surface area contributed by atoms with Gasteiger partial charge in [-0.1, -0.05) is 0 Å². The lowest BCUT2D eigenvalue weighted by Gasteiger charge is -2.05. The van der Waals surface area contributed by atoms with Crippen molar-refractivity contribution in [3.8, 4) is 0 Å². The van der Waals surface area contributed by atoms with Crippen molar-refractivity contribution in [2.45, 2.75) is 13.0 Å². The zero-order valence-corrected chi connectivity index (χ0v) is 11.4. The van der Waals surface area contributed by atoms with E-state index >= 15 is 0 Å². The summed E-state index contributed by atoms with van der Waals surface area (Å²) in [6, 6.07) is 7.39. The van der Waals surface area contributed by atoms with Crippen molar-refractivity contribution in [2.24, 2.45) is 5.73 Å². The molecule has 3 nitrogen and oxygen atoms in total. The van der Waals surface area contributed by atoms with Gasteiger partial charge in [-0.15, -0.1) is 0 Å². The molecule has 0 fully saturated rings. The van der Waals surface area contributed by atoms with Gasteiger partial charge in [0.2, 0.25) is 0 Å². The molecule has 2 N–H and O–H groups in total. The second kappa shape index (κ2) is 5.61. The second-order valence-electron chi connectivity index (χ2n) is 4.97. The first kappa shape index (κ1) is 13.7. The molecule has 0 saturated carbocycles. The number of benzene rings is 1. The Morgan fingerprint density at radius 2 is 1.90 bits per heavy atom. The maximum atomic E-state index is 13.3. The van der Waals surface area contributed by atoms with Crippen LogP contribution in [-0.2, 0) is 13.0 Å². The Morgan fingerprint density at radius 3 is 2.62 bits per heavy atom. The molecular formula is C16H15F2N3. The van der Waals surface area contributed by atoms with Crippen LogP contribution < -0.4 is 5.73 Å². The lowest BCUT2D eigenvalue weighted by atomic mass is 10.2. The Morgan fingerprint density at radius 1 is 1.14 bits per heavy atom. The average Bonchev–Trinajstić information content (AvgIpc) is 2.77. The third-order valence-electron chi connectivity index (χ3n) is 3.41. The van der Waals surface area contributed by atoms with Crippen LogP contribution in [0.4, 0.5) is 8.78 Å². The fraction of sp³-hybridized carbons (Fsp3) is 0.188. The number of fused-ring (bicyclic) bond motifs is 1. The topological polar surface area (TPSA) is 43.8 Å². The summed E-state index contributed by atoms with van der Waals surface area (Å²) in [6.07, 6.45) is 4.40. The second-order valence-corrected chi connectivity index (χ2v) is 4.97. The van der Waals surface area contributed by atoms with Crippen molar-refractivity contribution in [1.82, 2.24) is 9.55 Å². The zero-order chi connectivity index (χ0) is 14.8. The first-order chi connectivity index (χ1) is 10.2. The molecule has 0 aliphatic carbocycles. The fourth-order valence-electron chi connectivity index (χ4n) is 2.57. The van der Waals surface area contributed by atoms with Gasteiger partial charge < -0.3 is 10.3 Å².